The smallest absolute Gasteiger partial charge is 0.274 e. The molecule has 1 aromatic rings. The van der Waals surface area contributed by atoms with Crippen LogP contribution in [0.2, 0.25) is 0 Å². The lowest BCUT2D eigenvalue weighted by Crippen LogP contribution is -2.05. The fourth-order valence-electron chi connectivity index (χ4n) is 0.702. The Balaban J connectivity index is 3.31. The molecule has 0 spiro atoms. The Hall–Kier alpha value is -1.67. The average molecular weight is 150 g/mol. The SMILES string of the molecule is Cc1ccc(N=C=O)c(=O)[nH]1. The molecule has 0 atom stereocenters. The number of nitrogens with one attached hydrogen (secondary N) is 1. The molecule has 0 aliphatic carbocycles. The van der Waals surface area contributed by atoms with E-state index in [-0.39, 0.29) is 11.2 Å². The van der Waals surface area contributed by atoms with E-state index in [0.717, 1.165) is 5.69 Å². The number of carbonyl (C=O) groups excluding carboxylic acids is 1. The van der Waals surface area contributed by atoms with Crippen LogP contribution in [0.25, 0.3) is 0 Å². The minimum Gasteiger partial charge on any atom is -0.325 e. The number of aliphatic imine (C=N–C) groups is 1. The van der Waals surface area contributed by atoms with Crippen molar-refractivity contribution in [3.63, 3.8) is 0 Å². The zero-order valence-electron chi connectivity index (χ0n) is 5.92. The highest BCUT2D eigenvalue weighted by Gasteiger charge is 1.94. The van der Waals surface area contributed by atoms with Crippen LogP contribution in [0.3, 0.4) is 0 Å². The van der Waals surface area contributed by atoms with E-state index < -0.39 is 0 Å². The van der Waals surface area contributed by atoms with Gasteiger partial charge in [-0.1, -0.05) is 0 Å². The highest BCUT2D eigenvalue weighted by Crippen LogP contribution is 2.01. The Bertz CT molecular complexity index is 361. The van der Waals surface area contributed by atoms with E-state index in [1.54, 1.807) is 13.0 Å². The molecule has 0 fully saturated rings. The first-order valence-electron chi connectivity index (χ1n) is 3.02. The van der Waals surface area contributed by atoms with E-state index in [2.05, 4.69) is 9.98 Å². The lowest BCUT2D eigenvalue weighted by atomic mass is 10.3. The van der Waals surface area contributed by atoms with Gasteiger partial charge in [-0.3, -0.25) is 4.79 Å². The second kappa shape index (κ2) is 2.94. The standard InChI is InChI=1S/C7H6N2O2/c1-5-2-3-6(8-4-10)7(11)9-5/h2-3H,1H3,(H,9,11). The molecule has 4 heteroatoms. The molecule has 1 heterocycles. The van der Waals surface area contributed by atoms with Crippen LogP contribution in [0.4, 0.5) is 5.69 Å². The monoisotopic (exact) mass is 150 g/mol. The van der Waals surface area contributed by atoms with Crippen molar-refractivity contribution < 1.29 is 4.79 Å². The summed E-state index contributed by atoms with van der Waals surface area (Å²) in [6.45, 7) is 1.75. The van der Waals surface area contributed by atoms with Gasteiger partial charge in [0.25, 0.3) is 5.56 Å². The molecular formula is C7H6N2O2. The predicted molar refractivity (Wildman–Crippen MR) is 39.6 cm³/mol. The van der Waals surface area contributed by atoms with Gasteiger partial charge in [0, 0.05) is 5.69 Å². The molecule has 0 saturated heterocycles. The first kappa shape index (κ1) is 7.44. The molecule has 0 aliphatic rings. The number of rotatable bonds is 1. The topological polar surface area (TPSA) is 62.3 Å². The molecule has 0 aromatic carbocycles. The molecule has 0 aliphatic heterocycles. The van der Waals surface area contributed by atoms with Crippen molar-refractivity contribution in [3.8, 4) is 0 Å². The van der Waals surface area contributed by atoms with Crippen LogP contribution in [0.1, 0.15) is 5.69 Å². The van der Waals surface area contributed by atoms with Crippen LogP contribution in [-0.4, -0.2) is 11.1 Å². The normalized spacial score (nSPS) is 8.82. The molecule has 0 saturated carbocycles. The lowest BCUT2D eigenvalue weighted by molar-refractivity contribution is 0.565. The third-order valence-electron chi connectivity index (χ3n) is 1.20. The minimum atomic E-state index is -0.367. The number of hydrogen-bond donors (Lipinski definition) is 1. The molecule has 0 amide bonds. The number of nitrogens with zero attached hydrogens (tertiary/aromatic N) is 1. The van der Waals surface area contributed by atoms with E-state index in [1.165, 1.54) is 12.1 Å². The van der Waals surface area contributed by atoms with Gasteiger partial charge in [0.15, 0.2) is 0 Å². The number of aromatic amines is 1. The summed E-state index contributed by atoms with van der Waals surface area (Å²) in [6, 6.07) is 3.14. The highest BCUT2D eigenvalue weighted by atomic mass is 16.1. The number of isocyanates is 1. The molecule has 1 N–H and O–H groups in total. The van der Waals surface area contributed by atoms with Crippen LogP contribution in [-0.2, 0) is 4.79 Å². The van der Waals surface area contributed by atoms with Gasteiger partial charge in [0.2, 0.25) is 6.08 Å². The predicted octanol–water partition coefficient (Wildman–Crippen LogP) is 0.651. The van der Waals surface area contributed by atoms with Crippen molar-refractivity contribution in [1.29, 1.82) is 0 Å². The number of pyridine rings is 1. The van der Waals surface area contributed by atoms with Crippen LogP contribution in [0.15, 0.2) is 21.9 Å². The molecule has 0 radical (unpaired) electrons. The van der Waals surface area contributed by atoms with Gasteiger partial charge in [-0.15, -0.1) is 0 Å². The molecule has 56 valence electrons. The summed E-state index contributed by atoms with van der Waals surface area (Å²) in [4.78, 5) is 26.4. The maximum Gasteiger partial charge on any atom is 0.274 e. The van der Waals surface area contributed by atoms with E-state index in [1.807, 2.05) is 0 Å². The molecular weight excluding hydrogens is 144 g/mol. The summed E-state index contributed by atoms with van der Waals surface area (Å²) in [7, 11) is 0. The first-order chi connectivity index (χ1) is 5.24. The second-order valence-corrected chi connectivity index (χ2v) is 2.06. The molecule has 1 rings (SSSR count). The number of hydrogen-bond acceptors (Lipinski definition) is 3. The van der Waals surface area contributed by atoms with Gasteiger partial charge >= 0.3 is 0 Å². The Kier molecular flexibility index (Phi) is 1.99. The number of aryl methyl sites for hydroxylation is 1. The molecule has 11 heavy (non-hydrogen) atoms. The highest BCUT2D eigenvalue weighted by molar-refractivity contribution is 5.47. The van der Waals surface area contributed by atoms with Crippen molar-refractivity contribution in [3.05, 3.63) is 28.2 Å². The first-order valence-corrected chi connectivity index (χ1v) is 3.02. The second-order valence-electron chi connectivity index (χ2n) is 2.06. The summed E-state index contributed by atoms with van der Waals surface area (Å²) in [5.41, 5.74) is 0.457. The van der Waals surface area contributed by atoms with Gasteiger partial charge in [0.1, 0.15) is 5.69 Å². The Morgan fingerprint density at radius 2 is 2.27 bits per heavy atom. The summed E-state index contributed by atoms with van der Waals surface area (Å²) < 4.78 is 0. The van der Waals surface area contributed by atoms with Gasteiger partial charge < -0.3 is 4.98 Å². The van der Waals surface area contributed by atoms with Gasteiger partial charge in [-0.25, -0.2) is 4.79 Å². The summed E-state index contributed by atoms with van der Waals surface area (Å²) in [5.74, 6) is 0. The van der Waals surface area contributed by atoms with Crippen molar-refractivity contribution in [1.82, 2.24) is 4.98 Å². The zero-order valence-corrected chi connectivity index (χ0v) is 5.92. The average Bonchev–Trinajstić information content (AvgIpc) is 1.95. The van der Waals surface area contributed by atoms with Crippen LogP contribution < -0.4 is 5.56 Å². The van der Waals surface area contributed by atoms with E-state index in [4.69, 9.17) is 0 Å². The fraction of sp³-hybridized carbons (Fsp3) is 0.143. The maximum absolute atomic E-state index is 10.9. The summed E-state index contributed by atoms with van der Waals surface area (Å²) >= 11 is 0. The minimum absolute atomic E-state index is 0.0885. The lowest BCUT2D eigenvalue weighted by Gasteiger charge is -1.90. The van der Waals surface area contributed by atoms with Crippen LogP contribution in [0.5, 0.6) is 0 Å². The number of H-pyrrole nitrogens is 1. The van der Waals surface area contributed by atoms with Gasteiger partial charge in [-0.05, 0) is 19.1 Å². The van der Waals surface area contributed by atoms with E-state index in [0.29, 0.717) is 0 Å². The Morgan fingerprint density at radius 3 is 2.82 bits per heavy atom. The van der Waals surface area contributed by atoms with Gasteiger partial charge in [0.05, 0.1) is 0 Å². The van der Waals surface area contributed by atoms with Gasteiger partial charge in [-0.2, -0.15) is 4.99 Å². The Morgan fingerprint density at radius 1 is 1.55 bits per heavy atom. The van der Waals surface area contributed by atoms with E-state index >= 15 is 0 Å². The fourth-order valence-corrected chi connectivity index (χ4v) is 0.702. The quantitative estimate of drug-likeness (QED) is 0.472. The van der Waals surface area contributed by atoms with Crippen LogP contribution in [0, 0.1) is 6.92 Å². The molecule has 0 bridgehead atoms. The third kappa shape index (κ3) is 1.63. The third-order valence-corrected chi connectivity index (χ3v) is 1.20. The van der Waals surface area contributed by atoms with E-state index in [9.17, 15) is 9.59 Å². The van der Waals surface area contributed by atoms with Crippen molar-refractivity contribution in [2.75, 3.05) is 0 Å². The molecule has 1 aromatic heterocycles. The maximum atomic E-state index is 10.9. The Labute approximate surface area is 62.6 Å². The summed E-state index contributed by atoms with van der Waals surface area (Å²) in [6.07, 6.45) is 1.30. The van der Waals surface area contributed by atoms with Crippen LogP contribution >= 0.6 is 0 Å². The summed E-state index contributed by atoms with van der Waals surface area (Å²) in [5, 5.41) is 0. The van der Waals surface area contributed by atoms with Crippen molar-refractivity contribution in [2.24, 2.45) is 4.99 Å². The number of aromatic nitrogens is 1. The largest absolute Gasteiger partial charge is 0.325 e. The van der Waals surface area contributed by atoms with Crippen molar-refractivity contribution >= 4 is 11.8 Å². The van der Waals surface area contributed by atoms with Crippen molar-refractivity contribution in [2.45, 2.75) is 6.92 Å². The zero-order chi connectivity index (χ0) is 8.27. The molecule has 4 nitrogen and oxygen atoms in total. The molecule has 0 unspecified atom stereocenters.